The second-order valence-electron chi connectivity index (χ2n) is 9.54. The van der Waals surface area contributed by atoms with E-state index in [2.05, 4.69) is 35.9 Å². The quantitative estimate of drug-likeness (QED) is 0.360. The fourth-order valence-corrected chi connectivity index (χ4v) is 4.46. The molecule has 0 saturated carbocycles. The zero-order valence-electron chi connectivity index (χ0n) is 19.0. The number of nitrogens with two attached hydrogens (primary N) is 1. The van der Waals surface area contributed by atoms with Crippen LogP contribution in [-0.4, -0.2) is 21.4 Å². The lowest BCUT2D eigenvalue weighted by Crippen LogP contribution is -2.50. The molecule has 0 aliphatic carbocycles. The molecule has 2 aromatic carbocycles. The van der Waals surface area contributed by atoms with Crippen LogP contribution in [-0.2, 0) is 15.7 Å². The standard InChI is InChI=1S/C26H30N4O2/c1-25(2)17-21(18-11-7-5-8-12-18)28-22-20(15-16-29(22)25)23(31)30(27)24(32)26(3,4)19-13-9-6-10-14-19/h5-16,21,28H,17,27H2,1-4H3. The van der Waals surface area contributed by atoms with Crippen LogP contribution in [0.15, 0.2) is 72.9 Å². The molecule has 6 heteroatoms. The van der Waals surface area contributed by atoms with Crippen molar-refractivity contribution in [3.63, 3.8) is 0 Å². The van der Waals surface area contributed by atoms with Gasteiger partial charge in [-0.15, -0.1) is 0 Å². The SMILES string of the molecule is CC(C)(C(=O)N(N)C(=O)c1ccn2c1NC(c1ccccc1)CC2(C)C)c1ccccc1. The Morgan fingerprint density at radius 1 is 1.03 bits per heavy atom. The molecule has 3 N–H and O–H groups in total. The molecule has 4 rings (SSSR count). The minimum absolute atomic E-state index is 0.0443. The number of aromatic nitrogens is 1. The van der Waals surface area contributed by atoms with Crippen LogP contribution in [0.3, 0.4) is 0 Å². The molecule has 166 valence electrons. The van der Waals surface area contributed by atoms with Crippen LogP contribution >= 0.6 is 0 Å². The molecule has 32 heavy (non-hydrogen) atoms. The van der Waals surface area contributed by atoms with E-state index in [9.17, 15) is 9.59 Å². The molecule has 6 nitrogen and oxygen atoms in total. The van der Waals surface area contributed by atoms with E-state index >= 15 is 0 Å². The van der Waals surface area contributed by atoms with Gasteiger partial charge in [-0.05, 0) is 51.3 Å². The summed E-state index contributed by atoms with van der Waals surface area (Å²) in [6.45, 7) is 7.84. The van der Waals surface area contributed by atoms with Gasteiger partial charge in [-0.25, -0.2) is 10.9 Å². The van der Waals surface area contributed by atoms with Crippen LogP contribution in [0.2, 0.25) is 0 Å². The summed E-state index contributed by atoms with van der Waals surface area (Å²) in [4.78, 5) is 26.6. The molecule has 0 saturated heterocycles. The number of rotatable bonds is 4. The van der Waals surface area contributed by atoms with Crippen molar-refractivity contribution >= 4 is 17.6 Å². The third-order valence-electron chi connectivity index (χ3n) is 6.45. The summed E-state index contributed by atoms with van der Waals surface area (Å²) in [6, 6.07) is 21.3. The summed E-state index contributed by atoms with van der Waals surface area (Å²) in [7, 11) is 0. The Balaban J connectivity index is 1.65. The topological polar surface area (TPSA) is 80.4 Å². The van der Waals surface area contributed by atoms with Gasteiger partial charge < -0.3 is 9.88 Å². The van der Waals surface area contributed by atoms with Gasteiger partial charge in [0.15, 0.2) is 0 Å². The van der Waals surface area contributed by atoms with Crippen molar-refractivity contribution in [2.24, 2.45) is 5.84 Å². The van der Waals surface area contributed by atoms with Gasteiger partial charge in [-0.1, -0.05) is 60.7 Å². The first kappa shape index (κ1) is 21.8. The number of imide groups is 1. The first-order chi connectivity index (χ1) is 15.1. The number of anilines is 1. The predicted molar refractivity (Wildman–Crippen MR) is 126 cm³/mol. The highest BCUT2D eigenvalue weighted by molar-refractivity contribution is 6.09. The lowest BCUT2D eigenvalue weighted by atomic mass is 9.83. The summed E-state index contributed by atoms with van der Waals surface area (Å²) >= 11 is 0. The Kier molecular flexibility index (Phi) is 5.42. The van der Waals surface area contributed by atoms with E-state index < -0.39 is 17.2 Å². The van der Waals surface area contributed by atoms with Crippen LogP contribution < -0.4 is 11.2 Å². The summed E-state index contributed by atoms with van der Waals surface area (Å²) < 4.78 is 2.06. The molecule has 2 amide bonds. The molecule has 0 fully saturated rings. The number of hydrogen-bond donors (Lipinski definition) is 2. The van der Waals surface area contributed by atoms with E-state index in [1.807, 2.05) is 54.7 Å². The number of nitrogens with one attached hydrogen (secondary N) is 1. The van der Waals surface area contributed by atoms with Crippen molar-refractivity contribution in [2.75, 3.05) is 5.32 Å². The molecule has 1 aromatic heterocycles. The Labute approximate surface area is 189 Å². The maximum atomic E-state index is 13.4. The molecule has 3 aromatic rings. The molecule has 1 atom stereocenters. The highest BCUT2D eigenvalue weighted by atomic mass is 16.2. The molecule has 1 aliphatic heterocycles. The van der Waals surface area contributed by atoms with Gasteiger partial charge in [-0.3, -0.25) is 9.59 Å². The Hall–Kier alpha value is -3.38. The van der Waals surface area contributed by atoms with Crippen molar-refractivity contribution in [1.29, 1.82) is 0 Å². The van der Waals surface area contributed by atoms with Crippen LogP contribution in [0, 0.1) is 0 Å². The molecular weight excluding hydrogens is 400 g/mol. The minimum atomic E-state index is -0.940. The second-order valence-corrected chi connectivity index (χ2v) is 9.54. The summed E-state index contributed by atoms with van der Waals surface area (Å²) in [6.07, 6.45) is 2.75. The lowest BCUT2D eigenvalue weighted by Gasteiger charge is -2.40. The zero-order chi connectivity index (χ0) is 23.1. The van der Waals surface area contributed by atoms with Gasteiger partial charge in [0.05, 0.1) is 17.0 Å². The molecule has 1 aliphatic rings. The van der Waals surface area contributed by atoms with E-state index in [0.29, 0.717) is 11.4 Å². The van der Waals surface area contributed by atoms with Gasteiger partial charge in [0.1, 0.15) is 5.82 Å². The molecule has 2 heterocycles. The monoisotopic (exact) mass is 430 g/mol. The van der Waals surface area contributed by atoms with E-state index in [1.54, 1.807) is 19.9 Å². The average Bonchev–Trinajstić information content (AvgIpc) is 3.23. The number of fused-ring (bicyclic) bond motifs is 1. The normalized spacial score (nSPS) is 17.2. The van der Waals surface area contributed by atoms with Crippen LogP contribution in [0.1, 0.15) is 61.6 Å². The number of amides is 2. The number of nitrogens with zero attached hydrogens (tertiary/aromatic N) is 2. The lowest BCUT2D eigenvalue weighted by molar-refractivity contribution is -0.133. The van der Waals surface area contributed by atoms with E-state index in [-0.39, 0.29) is 11.6 Å². The summed E-state index contributed by atoms with van der Waals surface area (Å²) in [5.41, 5.74) is 1.18. The van der Waals surface area contributed by atoms with E-state index in [1.165, 1.54) is 0 Å². The number of hydrazine groups is 1. The van der Waals surface area contributed by atoms with Crippen LogP contribution in [0.5, 0.6) is 0 Å². The van der Waals surface area contributed by atoms with Crippen molar-refractivity contribution < 1.29 is 9.59 Å². The summed E-state index contributed by atoms with van der Waals surface area (Å²) in [5, 5.41) is 4.27. The van der Waals surface area contributed by atoms with Gasteiger partial charge in [0.25, 0.3) is 11.8 Å². The third-order valence-corrected chi connectivity index (χ3v) is 6.45. The maximum Gasteiger partial charge on any atom is 0.278 e. The first-order valence-corrected chi connectivity index (χ1v) is 10.9. The Morgan fingerprint density at radius 2 is 1.62 bits per heavy atom. The highest BCUT2D eigenvalue weighted by Crippen LogP contribution is 2.41. The number of carbonyl (C=O) groups is 2. The molecular formula is C26H30N4O2. The largest absolute Gasteiger partial charge is 0.364 e. The zero-order valence-corrected chi connectivity index (χ0v) is 19.0. The van der Waals surface area contributed by atoms with Gasteiger partial charge in [-0.2, -0.15) is 0 Å². The van der Waals surface area contributed by atoms with Gasteiger partial charge in [0.2, 0.25) is 0 Å². The number of benzene rings is 2. The first-order valence-electron chi connectivity index (χ1n) is 10.9. The molecule has 1 unspecified atom stereocenters. The second kappa shape index (κ2) is 7.95. The Bertz CT molecular complexity index is 1130. The third kappa shape index (κ3) is 3.71. The fourth-order valence-electron chi connectivity index (χ4n) is 4.46. The van der Waals surface area contributed by atoms with Crippen molar-refractivity contribution in [2.45, 2.75) is 51.1 Å². The molecule has 0 spiro atoms. The van der Waals surface area contributed by atoms with Crippen molar-refractivity contribution in [1.82, 2.24) is 9.58 Å². The average molecular weight is 431 g/mol. The van der Waals surface area contributed by atoms with Gasteiger partial charge in [0, 0.05) is 11.7 Å². The van der Waals surface area contributed by atoms with Gasteiger partial charge >= 0.3 is 0 Å². The molecule has 0 bridgehead atoms. The van der Waals surface area contributed by atoms with E-state index in [4.69, 9.17) is 5.84 Å². The van der Waals surface area contributed by atoms with Crippen LogP contribution in [0.4, 0.5) is 5.82 Å². The van der Waals surface area contributed by atoms with Crippen LogP contribution in [0.25, 0.3) is 0 Å². The molecule has 0 radical (unpaired) electrons. The van der Waals surface area contributed by atoms with Crippen molar-refractivity contribution in [3.8, 4) is 0 Å². The Morgan fingerprint density at radius 3 is 2.25 bits per heavy atom. The minimum Gasteiger partial charge on any atom is -0.364 e. The predicted octanol–water partition coefficient (Wildman–Crippen LogP) is 4.60. The summed E-state index contributed by atoms with van der Waals surface area (Å²) in [5.74, 6) is 5.82. The number of hydrogen-bond acceptors (Lipinski definition) is 4. The number of carbonyl (C=O) groups excluding carboxylic acids is 2. The maximum absolute atomic E-state index is 13.4. The van der Waals surface area contributed by atoms with Crippen molar-refractivity contribution in [3.05, 3.63) is 89.6 Å². The fraction of sp³-hybridized carbons (Fsp3) is 0.308. The van der Waals surface area contributed by atoms with E-state index in [0.717, 1.165) is 22.6 Å². The smallest absolute Gasteiger partial charge is 0.278 e. The highest BCUT2D eigenvalue weighted by Gasteiger charge is 2.39.